The first kappa shape index (κ1) is 24.3. The van der Waals surface area contributed by atoms with Crippen molar-refractivity contribution >= 4 is 66.0 Å². The number of benzene rings is 3. The Labute approximate surface area is 240 Å². The number of fused-ring (bicyclic) bond motifs is 6. The fourth-order valence-corrected chi connectivity index (χ4v) is 7.97. The highest BCUT2D eigenvalue weighted by atomic mass is 32.1. The van der Waals surface area contributed by atoms with Crippen LogP contribution < -0.4 is 4.90 Å². The molecule has 0 saturated carbocycles. The second kappa shape index (κ2) is 9.17. The van der Waals surface area contributed by atoms with Crippen molar-refractivity contribution < 1.29 is 0 Å². The summed E-state index contributed by atoms with van der Waals surface area (Å²) >= 11 is 3.40. The molecule has 0 bridgehead atoms. The SMILES string of the molecule is CC1(C)c2cc(N(c3ccccc3)c3ccc4sc5ccccc5c4c3)cnc2-c2sc(C=C(C#N)C#N)cc21. The zero-order chi connectivity index (χ0) is 27.4. The lowest BCUT2D eigenvalue weighted by molar-refractivity contribution is 0.660. The van der Waals surface area contributed by atoms with Crippen LogP contribution in [-0.2, 0) is 5.41 Å². The van der Waals surface area contributed by atoms with Gasteiger partial charge in [-0.3, -0.25) is 4.98 Å². The maximum absolute atomic E-state index is 9.21. The Hall–Kier alpha value is -4.75. The number of allylic oxidation sites excluding steroid dienone is 1. The van der Waals surface area contributed by atoms with E-state index in [2.05, 4.69) is 97.6 Å². The van der Waals surface area contributed by atoms with E-state index in [-0.39, 0.29) is 11.0 Å². The molecule has 0 spiro atoms. The molecule has 3 aromatic carbocycles. The molecule has 190 valence electrons. The Kier molecular flexibility index (Phi) is 5.57. The van der Waals surface area contributed by atoms with E-state index in [1.54, 1.807) is 17.4 Å². The van der Waals surface area contributed by atoms with Gasteiger partial charge in [0.1, 0.15) is 17.7 Å². The second-order valence-corrected chi connectivity index (χ2v) is 12.5. The lowest BCUT2D eigenvalue weighted by Crippen LogP contribution is -2.16. The van der Waals surface area contributed by atoms with Gasteiger partial charge in [-0.2, -0.15) is 10.5 Å². The van der Waals surface area contributed by atoms with Crippen molar-refractivity contribution in [2.75, 3.05) is 4.90 Å². The molecule has 0 radical (unpaired) electrons. The van der Waals surface area contributed by atoms with Gasteiger partial charge in [0.15, 0.2) is 0 Å². The number of hydrogen-bond acceptors (Lipinski definition) is 6. The van der Waals surface area contributed by atoms with Gasteiger partial charge in [-0.05, 0) is 65.7 Å². The summed E-state index contributed by atoms with van der Waals surface area (Å²) in [4.78, 5) is 9.30. The van der Waals surface area contributed by atoms with E-state index in [9.17, 15) is 10.5 Å². The summed E-state index contributed by atoms with van der Waals surface area (Å²) in [6, 6.07) is 34.0. The number of hydrogen-bond donors (Lipinski definition) is 0. The van der Waals surface area contributed by atoms with Gasteiger partial charge in [0.2, 0.25) is 0 Å². The van der Waals surface area contributed by atoms with E-state index in [1.165, 1.54) is 31.3 Å². The van der Waals surface area contributed by atoms with Gasteiger partial charge < -0.3 is 4.90 Å². The third kappa shape index (κ3) is 3.73. The monoisotopic (exact) mass is 550 g/mol. The fraction of sp³-hybridized carbons (Fsp3) is 0.0882. The maximum atomic E-state index is 9.21. The predicted octanol–water partition coefficient (Wildman–Crippen LogP) is 9.72. The minimum atomic E-state index is -0.272. The lowest BCUT2D eigenvalue weighted by atomic mass is 9.83. The molecular formula is C34H22N4S2. The van der Waals surface area contributed by atoms with E-state index >= 15 is 0 Å². The summed E-state index contributed by atoms with van der Waals surface area (Å²) in [7, 11) is 0. The predicted molar refractivity (Wildman–Crippen MR) is 166 cm³/mol. The lowest BCUT2D eigenvalue weighted by Gasteiger charge is -2.27. The van der Waals surface area contributed by atoms with Crippen molar-refractivity contribution in [3.63, 3.8) is 0 Å². The van der Waals surface area contributed by atoms with Gasteiger partial charge >= 0.3 is 0 Å². The topological polar surface area (TPSA) is 63.7 Å². The number of anilines is 3. The molecular weight excluding hydrogens is 529 g/mol. The molecule has 0 aliphatic heterocycles. The van der Waals surface area contributed by atoms with Gasteiger partial charge in [-0.25, -0.2) is 0 Å². The number of aromatic nitrogens is 1. The molecule has 1 aliphatic rings. The zero-order valence-corrected chi connectivity index (χ0v) is 23.5. The first-order chi connectivity index (χ1) is 19.5. The molecule has 0 amide bonds. The normalized spacial score (nSPS) is 12.9. The standard InChI is InChI=1S/C34H22N4S2/c1-34(2)28-16-24(20-37-32(28)33-29(34)17-25(39-33)14-21(18-35)19-36)38(22-8-4-3-5-9-22)23-12-13-31-27(15-23)26-10-6-7-11-30(26)40-31/h3-17,20H,1-2H3. The van der Waals surface area contributed by atoms with E-state index in [0.717, 1.165) is 32.5 Å². The van der Waals surface area contributed by atoms with Gasteiger partial charge in [0.05, 0.1) is 22.5 Å². The first-order valence-electron chi connectivity index (χ1n) is 12.9. The van der Waals surface area contributed by atoms with Crippen molar-refractivity contribution in [3.05, 3.63) is 113 Å². The summed E-state index contributed by atoms with van der Waals surface area (Å²) in [5.74, 6) is 0. The van der Waals surface area contributed by atoms with Gasteiger partial charge in [0, 0.05) is 41.8 Å². The molecule has 0 saturated heterocycles. The summed E-state index contributed by atoms with van der Waals surface area (Å²) in [6.45, 7) is 4.44. The Morgan fingerprint density at radius 2 is 1.52 bits per heavy atom. The van der Waals surface area contributed by atoms with Crippen LogP contribution in [0.4, 0.5) is 17.1 Å². The molecule has 0 N–H and O–H groups in total. The Bertz CT molecular complexity index is 2050. The van der Waals surface area contributed by atoms with Crippen LogP contribution in [0.25, 0.3) is 36.8 Å². The Balaban J connectivity index is 1.38. The first-order valence-corrected chi connectivity index (χ1v) is 14.5. The summed E-state index contributed by atoms with van der Waals surface area (Å²) in [6.07, 6.45) is 3.62. The van der Waals surface area contributed by atoms with Crippen molar-refractivity contribution in [1.29, 1.82) is 10.5 Å². The van der Waals surface area contributed by atoms with Crippen LogP contribution in [0, 0.1) is 22.7 Å². The van der Waals surface area contributed by atoms with Crippen LogP contribution in [-0.4, -0.2) is 4.98 Å². The average Bonchev–Trinajstić information content (AvgIpc) is 3.63. The van der Waals surface area contributed by atoms with Crippen LogP contribution in [0.2, 0.25) is 0 Å². The van der Waals surface area contributed by atoms with Crippen LogP contribution in [0.5, 0.6) is 0 Å². The quantitative estimate of drug-likeness (QED) is 0.205. The van der Waals surface area contributed by atoms with Crippen molar-refractivity contribution in [2.24, 2.45) is 0 Å². The summed E-state index contributed by atoms with van der Waals surface area (Å²) in [5.41, 5.74) is 6.31. The summed E-state index contributed by atoms with van der Waals surface area (Å²) < 4.78 is 2.57. The smallest absolute Gasteiger partial charge is 0.131 e. The van der Waals surface area contributed by atoms with Gasteiger partial charge in [-0.1, -0.05) is 50.2 Å². The molecule has 3 heterocycles. The van der Waals surface area contributed by atoms with E-state index < -0.39 is 0 Å². The molecule has 7 rings (SSSR count). The Morgan fingerprint density at radius 1 is 0.775 bits per heavy atom. The number of thiophene rings is 2. The van der Waals surface area contributed by atoms with E-state index in [0.29, 0.717) is 0 Å². The molecule has 6 heteroatoms. The molecule has 1 aliphatic carbocycles. The highest BCUT2D eigenvalue weighted by molar-refractivity contribution is 7.25. The fourth-order valence-electron chi connectivity index (χ4n) is 5.61. The van der Waals surface area contributed by atoms with Crippen LogP contribution in [0.15, 0.2) is 96.7 Å². The highest BCUT2D eigenvalue weighted by Gasteiger charge is 2.39. The number of rotatable bonds is 4. The van der Waals surface area contributed by atoms with Crippen molar-refractivity contribution in [3.8, 4) is 22.7 Å². The maximum Gasteiger partial charge on any atom is 0.131 e. The number of para-hydroxylation sites is 1. The minimum absolute atomic E-state index is 0.107. The number of nitriles is 2. The van der Waals surface area contributed by atoms with Gasteiger partial charge in [0.25, 0.3) is 0 Å². The van der Waals surface area contributed by atoms with Crippen molar-refractivity contribution in [2.45, 2.75) is 19.3 Å². The zero-order valence-electron chi connectivity index (χ0n) is 21.8. The molecule has 40 heavy (non-hydrogen) atoms. The van der Waals surface area contributed by atoms with Crippen LogP contribution >= 0.6 is 22.7 Å². The van der Waals surface area contributed by atoms with Crippen LogP contribution in [0.1, 0.15) is 29.9 Å². The highest BCUT2D eigenvalue weighted by Crippen LogP contribution is 2.53. The molecule has 0 atom stereocenters. The Morgan fingerprint density at radius 3 is 2.33 bits per heavy atom. The molecule has 6 aromatic rings. The van der Waals surface area contributed by atoms with Crippen LogP contribution in [0.3, 0.4) is 0 Å². The van der Waals surface area contributed by atoms with E-state index in [1.807, 2.05) is 35.7 Å². The largest absolute Gasteiger partial charge is 0.309 e. The second-order valence-electron chi connectivity index (χ2n) is 10.3. The minimum Gasteiger partial charge on any atom is -0.309 e. The number of nitrogens with zero attached hydrogens (tertiary/aromatic N) is 4. The third-order valence-electron chi connectivity index (χ3n) is 7.60. The van der Waals surface area contributed by atoms with Gasteiger partial charge in [-0.15, -0.1) is 22.7 Å². The third-order valence-corrected chi connectivity index (χ3v) is 9.85. The van der Waals surface area contributed by atoms with E-state index in [4.69, 9.17) is 4.98 Å². The molecule has 0 unspecified atom stereocenters. The van der Waals surface area contributed by atoms with Crippen molar-refractivity contribution in [1.82, 2.24) is 4.98 Å². The molecule has 3 aromatic heterocycles. The number of pyridine rings is 1. The molecule has 4 nitrogen and oxygen atoms in total. The molecule has 0 fully saturated rings. The average molecular weight is 551 g/mol. The summed E-state index contributed by atoms with van der Waals surface area (Å²) in [5, 5.41) is 21.0.